The molecule has 2 N–H and O–H groups in total. The fourth-order valence-electron chi connectivity index (χ4n) is 1.71. The van der Waals surface area contributed by atoms with E-state index in [2.05, 4.69) is 29.8 Å². The molecule has 0 fully saturated rings. The van der Waals surface area contributed by atoms with Crippen LogP contribution in [-0.2, 0) is 7.05 Å². The first-order chi connectivity index (χ1) is 7.76. The smallest absolute Gasteiger partial charge is 0.270 e. The van der Waals surface area contributed by atoms with Crippen LogP contribution in [0.5, 0.6) is 0 Å². The Morgan fingerprint density at radius 3 is 2.59 bits per heavy atom. The number of halogens is 1. The highest BCUT2D eigenvalue weighted by atomic mass is 79.9. The van der Waals surface area contributed by atoms with Crippen LogP contribution in [0.1, 0.15) is 24.3 Å². The number of hydrogen-bond acceptors (Lipinski definition) is 2. The van der Waals surface area contributed by atoms with E-state index in [4.69, 9.17) is 5.73 Å². The van der Waals surface area contributed by atoms with Gasteiger partial charge >= 0.3 is 0 Å². The zero-order chi connectivity index (χ0) is 13.2. The molecule has 0 bridgehead atoms. The molecule has 0 saturated heterocycles. The maximum Gasteiger partial charge on any atom is 0.270 e. The third kappa shape index (κ3) is 3.57. The minimum Gasteiger partial charge on any atom is -0.345 e. The summed E-state index contributed by atoms with van der Waals surface area (Å²) in [6, 6.07) is 1.83. The minimum absolute atomic E-state index is 0.0136. The Morgan fingerprint density at radius 1 is 1.59 bits per heavy atom. The van der Waals surface area contributed by atoms with E-state index < -0.39 is 0 Å². The van der Waals surface area contributed by atoms with Crippen LogP contribution in [0.15, 0.2) is 16.7 Å². The van der Waals surface area contributed by atoms with Crippen LogP contribution in [-0.4, -0.2) is 35.5 Å². The summed E-state index contributed by atoms with van der Waals surface area (Å²) in [5.74, 6) is 0.0136. The molecule has 4 nitrogen and oxygen atoms in total. The summed E-state index contributed by atoms with van der Waals surface area (Å²) in [6.07, 6.45) is 1.87. The Kier molecular flexibility index (Phi) is 4.38. The zero-order valence-corrected chi connectivity index (χ0v) is 12.4. The van der Waals surface area contributed by atoms with Gasteiger partial charge < -0.3 is 15.2 Å². The van der Waals surface area contributed by atoms with Gasteiger partial charge in [-0.25, -0.2) is 0 Å². The van der Waals surface area contributed by atoms with Crippen molar-refractivity contribution in [2.24, 2.45) is 18.2 Å². The first-order valence-corrected chi connectivity index (χ1v) is 6.33. The average molecular weight is 302 g/mol. The van der Waals surface area contributed by atoms with Gasteiger partial charge in [0.25, 0.3) is 5.91 Å². The van der Waals surface area contributed by atoms with Crippen molar-refractivity contribution in [1.29, 1.82) is 0 Å². The molecular weight excluding hydrogens is 282 g/mol. The lowest BCUT2D eigenvalue weighted by Crippen LogP contribution is -2.40. The molecule has 0 aliphatic heterocycles. The van der Waals surface area contributed by atoms with Gasteiger partial charge in [0, 0.05) is 31.3 Å². The molecule has 1 heterocycles. The van der Waals surface area contributed by atoms with Crippen molar-refractivity contribution in [3.63, 3.8) is 0 Å². The molecule has 0 aromatic carbocycles. The number of aryl methyl sites for hydroxylation is 1. The normalized spacial score (nSPS) is 11.6. The fraction of sp³-hybridized carbons (Fsp3) is 0.583. The van der Waals surface area contributed by atoms with Crippen molar-refractivity contribution in [1.82, 2.24) is 9.47 Å². The lowest BCUT2D eigenvalue weighted by molar-refractivity contribution is 0.0731. The summed E-state index contributed by atoms with van der Waals surface area (Å²) in [4.78, 5) is 13.9. The predicted molar refractivity (Wildman–Crippen MR) is 72.9 cm³/mol. The topological polar surface area (TPSA) is 51.3 Å². The number of carbonyl (C=O) groups excluding carboxylic acids is 1. The summed E-state index contributed by atoms with van der Waals surface area (Å²) >= 11 is 3.36. The van der Waals surface area contributed by atoms with Crippen molar-refractivity contribution in [2.45, 2.75) is 13.8 Å². The highest BCUT2D eigenvalue weighted by Gasteiger charge is 2.23. The van der Waals surface area contributed by atoms with Crippen molar-refractivity contribution in [2.75, 3.05) is 20.1 Å². The Hall–Kier alpha value is -0.810. The van der Waals surface area contributed by atoms with E-state index in [9.17, 15) is 4.79 Å². The monoisotopic (exact) mass is 301 g/mol. The van der Waals surface area contributed by atoms with E-state index >= 15 is 0 Å². The van der Waals surface area contributed by atoms with E-state index in [1.165, 1.54) is 0 Å². The molecule has 17 heavy (non-hydrogen) atoms. The van der Waals surface area contributed by atoms with E-state index in [0.717, 1.165) is 4.47 Å². The van der Waals surface area contributed by atoms with Gasteiger partial charge in [-0.15, -0.1) is 0 Å². The maximum atomic E-state index is 12.2. The van der Waals surface area contributed by atoms with Gasteiger partial charge in [0.15, 0.2) is 0 Å². The number of nitrogens with zero attached hydrogens (tertiary/aromatic N) is 2. The molecule has 0 saturated carbocycles. The first kappa shape index (κ1) is 14.3. The highest BCUT2D eigenvalue weighted by Crippen LogP contribution is 2.18. The minimum atomic E-state index is -0.0627. The summed E-state index contributed by atoms with van der Waals surface area (Å²) in [7, 11) is 3.67. The van der Waals surface area contributed by atoms with Crippen LogP contribution in [0.4, 0.5) is 0 Å². The molecule has 96 valence electrons. The summed E-state index contributed by atoms with van der Waals surface area (Å²) in [5.41, 5.74) is 6.29. The second-order valence-electron chi connectivity index (χ2n) is 5.18. The second-order valence-corrected chi connectivity index (χ2v) is 6.10. The van der Waals surface area contributed by atoms with Gasteiger partial charge in [-0.05, 0) is 34.0 Å². The molecule has 0 atom stereocenters. The SMILES string of the molecule is CN(CC(C)(C)CN)C(=O)c1cc(Br)cn1C. The number of nitrogens with two attached hydrogens (primary N) is 1. The Balaban J connectivity index is 2.80. The van der Waals surface area contributed by atoms with E-state index in [1.54, 1.807) is 11.9 Å². The predicted octanol–water partition coefficient (Wildman–Crippen LogP) is 1.84. The largest absolute Gasteiger partial charge is 0.345 e. The summed E-state index contributed by atoms with van der Waals surface area (Å²) < 4.78 is 2.73. The third-order valence-corrected chi connectivity index (χ3v) is 3.19. The van der Waals surface area contributed by atoms with Gasteiger partial charge in [-0.1, -0.05) is 13.8 Å². The second kappa shape index (κ2) is 5.23. The quantitative estimate of drug-likeness (QED) is 0.923. The Morgan fingerprint density at radius 2 is 2.18 bits per heavy atom. The van der Waals surface area contributed by atoms with Gasteiger partial charge in [0.1, 0.15) is 5.69 Å². The van der Waals surface area contributed by atoms with Crippen molar-refractivity contribution < 1.29 is 4.79 Å². The molecule has 1 rings (SSSR count). The Labute approximate surface area is 111 Å². The molecule has 1 aromatic heterocycles. The number of amides is 1. The standard InChI is InChI=1S/C12H20BrN3O/c1-12(2,7-14)8-16(4)11(17)10-5-9(13)6-15(10)3/h5-6H,7-8,14H2,1-4H3. The van der Waals surface area contributed by atoms with E-state index in [0.29, 0.717) is 18.8 Å². The Bertz CT molecular complexity index is 412. The van der Waals surface area contributed by atoms with Crippen molar-refractivity contribution in [3.8, 4) is 0 Å². The average Bonchev–Trinajstić information content (AvgIpc) is 2.56. The van der Waals surface area contributed by atoms with Crippen LogP contribution >= 0.6 is 15.9 Å². The molecular formula is C12H20BrN3O. The molecule has 0 aliphatic carbocycles. The maximum absolute atomic E-state index is 12.2. The number of aromatic nitrogens is 1. The number of carbonyl (C=O) groups is 1. The van der Waals surface area contributed by atoms with Crippen LogP contribution in [0.2, 0.25) is 0 Å². The van der Waals surface area contributed by atoms with Crippen molar-refractivity contribution >= 4 is 21.8 Å². The van der Waals surface area contributed by atoms with Crippen LogP contribution in [0.25, 0.3) is 0 Å². The fourth-order valence-corrected chi connectivity index (χ4v) is 2.23. The van der Waals surface area contributed by atoms with Crippen LogP contribution in [0.3, 0.4) is 0 Å². The summed E-state index contributed by atoms with van der Waals surface area (Å²) in [6.45, 7) is 5.31. The number of hydrogen-bond donors (Lipinski definition) is 1. The van der Waals surface area contributed by atoms with Gasteiger partial charge in [-0.3, -0.25) is 4.79 Å². The molecule has 0 aliphatic rings. The molecule has 1 aromatic rings. The molecule has 0 unspecified atom stereocenters. The molecule has 0 spiro atoms. The van der Waals surface area contributed by atoms with E-state index in [1.807, 2.05) is 23.9 Å². The lowest BCUT2D eigenvalue weighted by Gasteiger charge is -2.29. The first-order valence-electron chi connectivity index (χ1n) is 5.54. The van der Waals surface area contributed by atoms with Gasteiger partial charge in [0.2, 0.25) is 0 Å². The van der Waals surface area contributed by atoms with Crippen molar-refractivity contribution in [3.05, 3.63) is 22.4 Å². The third-order valence-electron chi connectivity index (χ3n) is 2.76. The zero-order valence-electron chi connectivity index (χ0n) is 10.8. The number of rotatable bonds is 4. The molecule has 1 amide bonds. The van der Waals surface area contributed by atoms with Gasteiger partial charge in [-0.2, -0.15) is 0 Å². The molecule has 0 radical (unpaired) electrons. The van der Waals surface area contributed by atoms with Crippen LogP contribution < -0.4 is 5.73 Å². The summed E-state index contributed by atoms with van der Waals surface area (Å²) in [5, 5.41) is 0. The lowest BCUT2D eigenvalue weighted by atomic mass is 9.93. The molecule has 5 heteroatoms. The van der Waals surface area contributed by atoms with Crippen LogP contribution in [0, 0.1) is 5.41 Å². The highest BCUT2D eigenvalue weighted by molar-refractivity contribution is 9.10. The van der Waals surface area contributed by atoms with Gasteiger partial charge in [0.05, 0.1) is 0 Å². The van der Waals surface area contributed by atoms with E-state index in [-0.39, 0.29) is 11.3 Å².